The van der Waals surface area contributed by atoms with Crippen LogP contribution in [0.15, 0.2) is 66.2 Å². The minimum absolute atomic E-state index is 0.0258. The molecule has 0 unspecified atom stereocenters. The zero-order valence-corrected chi connectivity index (χ0v) is 16.6. The van der Waals surface area contributed by atoms with E-state index in [2.05, 4.69) is 6.07 Å². The van der Waals surface area contributed by atoms with E-state index in [0.29, 0.717) is 18.5 Å². The molecule has 0 N–H and O–H groups in total. The Bertz CT molecular complexity index is 962. The summed E-state index contributed by atoms with van der Waals surface area (Å²) in [5.41, 5.74) is 3.20. The van der Waals surface area contributed by atoms with Gasteiger partial charge >= 0.3 is 5.97 Å². The molecule has 2 rings (SSSR count). The highest BCUT2D eigenvalue weighted by molar-refractivity contribution is 6.04. The molecule has 0 radical (unpaired) electrons. The van der Waals surface area contributed by atoms with Gasteiger partial charge in [0.25, 0.3) is 0 Å². The third kappa shape index (κ3) is 6.09. The van der Waals surface area contributed by atoms with Gasteiger partial charge in [0.15, 0.2) is 0 Å². The molecule has 0 aliphatic rings. The van der Waals surface area contributed by atoms with Gasteiger partial charge in [-0.2, -0.15) is 10.5 Å². The number of carbonyl (C=O) groups excluding carboxylic acids is 1. The Labute approximate surface area is 171 Å². The van der Waals surface area contributed by atoms with Crippen LogP contribution in [0, 0.1) is 22.7 Å². The molecule has 5 heteroatoms. The molecule has 0 saturated heterocycles. The van der Waals surface area contributed by atoms with Crippen molar-refractivity contribution < 1.29 is 9.53 Å². The quantitative estimate of drug-likeness (QED) is 0.287. The van der Waals surface area contributed by atoms with E-state index < -0.39 is 5.97 Å². The maximum absolute atomic E-state index is 12.2. The third-order valence-corrected chi connectivity index (χ3v) is 4.28. The van der Waals surface area contributed by atoms with E-state index in [1.165, 1.54) is 0 Å². The van der Waals surface area contributed by atoms with Gasteiger partial charge in [0.1, 0.15) is 11.6 Å². The second-order valence-electron chi connectivity index (χ2n) is 6.24. The molecule has 2 aromatic carbocycles. The molecule has 0 aliphatic heterocycles. The van der Waals surface area contributed by atoms with Gasteiger partial charge in [-0.15, -0.1) is 0 Å². The first-order valence-corrected chi connectivity index (χ1v) is 9.33. The fraction of sp³-hybridized carbons (Fsp3) is 0.208. The summed E-state index contributed by atoms with van der Waals surface area (Å²) >= 11 is 0. The van der Waals surface area contributed by atoms with Gasteiger partial charge < -0.3 is 9.64 Å². The van der Waals surface area contributed by atoms with Gasteiger partial charge in [0, 0.05) is 24.9 Å². The van der Waals surface area contributed by atoms with Gasteiger partial charge in [-0.1, -0.05) is 54.6 Å². The van der Waals surface area contributed by atoms with Crippen LogP contribution in [0.5, 0.6) is 0 Å². The van der Waals surface area contributed by atoms with Crippen molar-refractivity contribution in [2.24, 2.45) is 0 Å². The molecule has 0 fully saturated rings. The van der Waals surface area contributed by atoms with Gasteiger partial charge in [-0.3, -0.25) is 0 Å². The molecule has 0 saturated carbocycles. The molecule has 146 valence electrons. The SMILES string of the molecule is CCOC(=O)/C(C#N)=C(\C=C\c1ccc(N(C)CCC#N)cc1)c1ccccc1. The van der Waals surface area contributed by atoms with E-state index >= 15 is 0 Å². The zero-order valence-electron chi connectivity index (χ0n) is 16.6. The van der Waals surface area contributed by atoms with Crippen molar-refractivity contribution in [3.8, 4) is 12.1 Å². The number of rotatable bonds is 8. The summed E-state index contributed by atoms with van der Waals surface area (Å²) in [5.74, 6) is -0.632. The Kier molecular flexibility index (Phi) is 8.23. The number of hydrogen-bond acceptors (Lipinski definition) is 5. The fourth-order valence-corrected chi connectivity index (χ4v) is 2.73. The van der Waals surface area contributed by atoms with Crippen molar-refractivity contribution in [1.82, 2.24) is 0 Å². The Morgan fingerprint density at radius 3 is 2.38 bits per heavy atom. The lowest BCUT2D eigenvalue weighted by atomic mass is 9.99. The number of hydrogen-bond donors (Lipinski definition) is 0. The average molecular weight is 385 g/mol. The predicted octanol–water partition coefficient (Wildman–Crippen LogP) is 4.59. The topological polar surface area (TPSA) is 77.1 Å². The number of esters is 1. The number of allylic oxidation sites excluding steroid dienone is 2. The maximum atomic E-state index is 12.2. The van der Waals surface area contributed by atoms with Crippen molar-refractivity contribution in [2.75, 3.05) is 25.1 Å². The molecule has 0 amide bonds. The summed E-state index contributed by atoms with van der Waals surface area (Å²) < 4.78 is 5.04. The monoisotopic (exact) mass is 385 g/mol. The average Bonchev–Trinajstić information content (AvgIpc) is 2.76. The van der Waals surface area contributed by atoms with Crippen LogP contribution in [0.3, 0.4) is 0 Å². The van der Waals surface area contributed by atoms with E-state index in [1.54, 1.807) is 13.0 Å². The van der Waals surface area contributed by atoms with Crippen LogP contribution in [-0.2, 0) is 9.53 Å². The third-order valence-electron chi connectivity index (χ3n) is 4.28. The molecule has 0 heterocycles. The molecule has 29 heavy (non-hydrogen) atoms. The first kappa shape index (κ1) is 21.5. The van der Waals surface area contributed by atoms with Crippen LogP contribution in [0.4, 0.5) is 5.69 Å². The second-order valence-corrected chi connectivity index (χ2v) is 6.24. The molecule has 0 spiro atoms. The van der Waals surface area contributed by atoms with Gasteiger partial charge in [-0.05, 0) is 30.2 Å². The van der Waals surface area contributed by atoms with Gasteiger partial charge in [0.05, 0.1) is 19.1 Å². The second kappa shape index (κ2) is 11.1. The van der Waals surface area contributed by atoms with E-state index in [0.717, 1.165) is 16.8 Å². The van der Waals surface area contributed by atoms with Crippen LogP contribution in [0.2, 0.25) is 0 Å². The van der Waals surface area contributed by atoms with Gasteiger partial charge in [-0.25, -0.2) is 4.79 Å². The first-order chi connectivity index (χ1) is 14.1. The number of nitrogens with zero attached hydrogens (tertiary/aromatic N) is 3. The molecular formula is C24H23N3O2. The number of carbonyl (C=O) groups is 1. The molecule has 0 bridgehead atoms. The largest absolute Gasteiger partial charge is 0.462 e. The van der Waals surface area contributed by atoms with E-state index in [-0.39, 0.29) is 12.2 Å². The van der Waals surface area contributed by atoms with Crippen molar-refractivity contribution in [1.29, 1.82) is 10.5 Å². The normalized spacial score (nSPS) is 11.3. The summed E-state index contributed by atoms with van der Waals surface area (Å²) in [6.07, 6.45) is 4.09. The molecule has 2 aromatic rings. The number of benzene rings is 2. The van der Waals surface area contributed by atoms with E-state index in [1.807, 2.05) is 78.7 Å². The molecule has 0 atom stereocenters. The Morgan fingerprint density at radius 1 is 1.10 bits per heavy atom. The predicted molar refractivity (Wildman–Crippen MR) is 115 cm³/mol. The van der Waals surface area contributed by atoms with Crippen LogP contribution in [0.25, 0.3) is 11.6 Å². The van der Waals surface area contributed by atoms with Crippen molar-refractivity contribution in [3.05, 3.63) is 77.4 Å². The van der Waals surface area contributed by atoms with Gasteiger partial charge in [0.2, 0.25) is 0 Å². The molecule has 5 nitrogen and oxygen atoms in total. The minimum atomic E-state index is -0.632. The smallest absolute Gasteiger partial charge is 0.349 e. The lowest BCUT2D eigenvalue weighted by molar-refractivity contribution is -0.137. The Morgan fingerprint density at radius 2 is 1.79 bits per heavy atom. The molecule has 0 aromatic heterocycles. The van der Waals surface area contributed by atoms with Crippen molar-refractivity contribution in [3.63, 3.8) is 0 Å². The summed E-state index contributed by atoms with van der Waals surface area (Å²) in [7, 11) is 1.94. The number of ether oxygens (including phenoxy) is 1. The molecule has 0 aliphatic carbocycles. The highest BCUT2D eigenvalue weighted by atomic mass is 16.5. The Hall–Kier alpha value is -3.83. The number of anilines is 1. The fourth-order valence-electron chi connectivity index (χ4n) is 2.73. The van der Waals surface area contributed by atoms with Crippen LogP contribution in [0.1, 0.15) is 24.5 Å². The zero-order chi connectivity index (χ0) is 21.1. The van der Waals surface area contributed by atoms with Crippen molar-refractivity contribution >= 4 is 23.3 Å². The highest BCUT2D eigenvalue weighted by Crippen LogP contribution is 2.23. The minimum Gasteiger partial charge on any atom is -0.462 e. The highest BCUT2D eigenvalue weighted by Gasteiger charge is 2.16. The van der Waals surface area contributed by atoms with Crippen LogP contribution < -0.4 is 4.90 Å². The van der Waals surface area contributed by atoms with E-state index in [9.17, 15) is 10.1 Å². The van der Waals surface area contributed by atoms with Crippen LogP contribution >= 0.6 is 0 Å². The summed E-state index contributed by atoms with van der Waals surface area (Å²) in [5, 5.41) is 18.3. The van der Waals surface area contributed by atoms with Crippen LogP contribution in [-0.4, -0.2) is 26.2 Å². The Balaban J connectivity index is 2.34. The lowest BCUT2D eigenvalue weighted by Gasteiger charge is -2.17. The standard InChI is InChI=1S/C24H23N3O2/c1-3-29-24(28)23(18-26)22(20-8-5-4-6-9-20)15-12-19-10-13-21(14-11-19)27(2)17-7-16-25/h4-6,8-15H,3,7,17H2,1-2H3/b15-12+,23-22+. The summed E-state index contributed by atoms with van der Waals surface area (Å²) in [6.45, 7) is 2.58. The lowest BCUT2D eigenvalue weighted by Crippen LogP contribution is -2.17. The van der Waals surface area contributed by atoms with Crippen molar-refractivity contribution in [2.45, 2.75) is 13.3 Å². The van der Waals surface area contributed by atoms with E-state index in [4.69, 9.17) is 10.00 Å². The first-order valence-electron chi connectivity index (χ1n) is 9.33. The number of nitriles is 2. The maximum Gasteiger partial charge on any atom is 0.349 e. The summed E-state index contributed by atoms with van der Waals surface area (Å²) in [4.78, 5) is 14.3. The summed E-state index contributed by atoms with van der Waals surface area (Å²) in [6, 6.07) is 21.3. The molecular weight excluding hydrogens is 362 g/mol.